The van der Waals surface area contributed by atoms with Gasteiger partial charge >= 0.3 is 12.1 Å². The number of aromatic carboxylic acids is 1. The third kappa shape index (κ3) is 5.03. The summed E-state index contributed by atoms with van der Waals surface area (Å²) in [7, 11) is 0. The number of halogens is 3. The molecule has 0 aliphatic rings. The fraction of sp³-hybridized carbons (Fsp3) is 0.120. The van der Waals surface area contributed by atoms with Crippen molar-refractivity contribution in [3.8, 4) is 11.5 Å². The monoisotopic (exact) mass is 469 g/mol. The maximum atomic E-state index is 13.4. The predicted octanol–water partition coefficient (Wildman–Crippen LogP) is 5.77. The molecule has 34 heavy (non-hydrogen) atoms. The van der Waals surface area contributed by atoms with Crippen molar-refractivity contribution in [2.75, 3.05) is 0 Å². The molecule has 0 spiro atoms. The largest absolute Gasteiger partial charge is 0.489 e. The Bertz CT molecular complexity index is 1350. The SMILES string of the molecule is O=C(O)c1cccc(OCc2[nH]c3ccc(OCc4ccccc4)cc3c2C(=O)C(F)(F)F)c1. The molecule has 1 aromatic heterocycles. The molecule has 4 aromatic rings. The lowest BCUT2D eigenvalue weighted by molar-refractivity contribution is -0.0885. The van der Waals surface area contributed by atoms with E-state index in [4.69, 9.17) is 14.6 Å². The average molecular weight is 469 g/mol. The minimum absolute atomic E-state index is 0.0408. The molecule has 4 rings (SSSR count). The summed E-state index contributed by atoms with van der Waals surface area (Å²) in [6.45, 7) is -0.204. The third-order valence-electron chi connectivity index (χ3n) is 5.04. The smallest absolute Gasteiger partial charge is 0.454 e. The molecule has 0 saturated carbocycles. The van der Waals surface area contributed by atoms with Crippen molar-refractivity contribution in [1.29, 1.82) is 0 Å². The van der Waals surface area contributed by atoms with E-state index in [0.717, 1.165) is 5.56 Å². The summed E-state index contributed by atoms with van der Waals surface area (Å²) in [6, 6.07) is 19.2. The van der Waals surface area contributed by atoms with E-state index < -0.39 is 30.1 Å². The van der Waals surface area contributed by atoms with E-state index in [2.05, 4.69) is 4.98 Å². The number of aromatic nitrogens is 1. The van der Waals surface area contributed by atoms with Crippen LogP contribution in [0.1, 0.15) is 32.0 Å². The number of rotatable bonds is 8. The highest BCUT2D eigenvalue weighted by atomic mass is 19.4. The quantitative estimate of drug-likeness (QED) is 0.320. The van der Waals surface area contributed by atoms with Gasteiger partial charge in [0.05, 0.1) is 16.8 Å². The Balaban J connectivity index is 1.66. The van der Waals surface area contributed by atoms with Gasteiger partial charge in [0, 0.05) is 10.9 Å². The van der Waals surface area contributed by atoms with Gasteiger partial charge in [-0.3, -0.25) is 4.79 Å². The fourth-order valence-electron chi connectivity index (χ4n) is 3.44. The van der Waals surface area contributed by atoms with Gasteiger partial charge in [-0.1, -0.05) is 36.4 Å². The summed E-state index contributed by atoms with van der Waals surface area (Å²) < 4.78 is 51.4. The standard InChI is InChI=1S/C25H18F3NO5/c26-25(27,28)23(30)22-19-12-18(33-13-15-5-2-1-3-6-15)9-10-20(19)29-21(22)14-34-17-8-4-7-16(11-17)24(31)32/h1-12,29H,13-14H2,(H,31,32). The van der Waals surface area contributed by atoms with Crippen LogP contribution in [0, 0.1) is 0 Å². The lowest BCUT2D eigenvalue weighted by Gasteiger charge is -2.10. The molecule has 0 radical (unpaired) electrons. The highest BCUT2D eigenvalue weighted by Crippen LogP contribution is 2.33. The summed E-state index contributed by atoms with van der Waals surface area (Å²) in [5.74, 6) is -2.76. The maximum Gasteiger partial charge on any atom is 0.454 e. The Hall–Kier alpha value is -4.27. The fourth-order valence-corrected chi connectivity index (χ4v) is 3.44. The molecule has 0 bridgehead atoms. The first-order valence-corrected chi connectivity index (χ1v) is 10.1. The van der Waals surface area contributed by atoms with E-state index in [-0.39, 0.29) is 29.0 Å². The average Bonchev–Trinajstić information content (AvgIpc) is 3.18. The van der Waals surface area contributed by atoms with Gasteiger partial charge in [0.1, 0.15) is 24.7 Å². The number of fused-ring (bicyclic) bond motifs is 1. The van der Waals surface area contributed by atoms with E-state index in [1.165, 1.54) is 36.4 Å². The number of carboxylic acids is 1. The molecule has 0 atom stereocenters. The topological polar surface area (TPSA) is 88.6 Å². The molecule has 1 heterocycles. The van der Waals surface area contributed by atoms with Gasteiger partial charge < -0.3 is 19.6 Å². The van der Waals surface area contributed by atoms with E-state index in [1.807, 2.05) is 30.3 Å². The molecule has 9 heteroatoms. The number of benzene rings is 3. The first kappa shape index (κ1) is 22.9. The van der Waals surface area contributed by atoms with Gasteiger partial charge in [0.15, 0.2) is 0 Å². The van der Waals surface area contributed by atoms with Crippen LogP contribution in [0.3, 0.4) is 0 Å². The van der Waals surface area contributed by atoms with Crippen molar-refractivity contribution in [3.63, 3.8) is 0 Å². The highest BCUT2D eigenvalue weighted by molar-refractivity contribution is 6.12. The van der Waals surface area contributed by atoms with E-state index in [0.29, 0.717) is 11.3 Å². The molecule has 0 fully saturated rings. The lowest BCUT2D eigenvalue weighted by atomic mass is 10.1. The molecule has 0 aliphatic carbocycles. The van der Waals surface area contributed by atoms with Crippen LogP contribution in [0.15, 0.2) is 72.8 Å². The molecule has 6 nitrogen and oxygen atoms in total. The molecule has 0 amide bonds. The van der Waals surface area contributed by atoms with Crippen LogP contribution in [-0.2, 0) is 13.2 Å². The van der Waals surface area contributed by atoms with Crippen molar-refractivity contribution in [3.05, 3.63) is 95.2 Å². The second kappa shape index (κ2) is 9.30. The number of H-pyrrole nitrogens is 1. The van der Waals surface area contributed by atoms with Gasteiger partial charge in [-0.05, 0) is 42.0 Å². The Labute approximate surface area is 191 Å². The van der Waals surface area contributed by atoms with E-state index in [1.54, 1.807) is 6.07 Å². The third-order valence-corrected chi connectivity index (χ3v) is 5.04. The number of aromatic amines is 1. The maximum absolute atomic E-state index is 13.4. The second-order valence-electron chi connectivity index (χ2n) is 7.41. The summed E-state index contributed by atoms with van der Waals surface area (Å²) in [5.41, 5.74) is 0.486. The van der Waals surface area contributed by atoms with Crippen LogP contribution in [0.5, 0.6) is 11.5 Å². The van der Waals surface area contributed by atoms with Gasteiger partial charge in [0.25, 0.3) is 5.78 Å². The van der Waals surface area contributed by atoms with Crippen LogP contribution in [0.4, 0.5) is 13.2 Å². The highest BCUT2D eigenvalue weighted by Gasteiger charge is 2.42. The lowest BCUT2D eigenvalue weighted by Crippen LogP contribution is -2.24. The molecular weight excluding hydrogens is 451 g/mol. The van der Waals surface area contributed by atoms with Crippen molar-refractivity contribution in [1.82, 2.24) is 4.98 Å². The number of hydrogen-bond donors (Lipinski definition) is 2. The van der Waals surface area contributed by atoms with Gasteiger partial charge in [0.2, 0.25) is 0 Å². The van der Waals surface area contributed by atoms with Crippen molar-refractivity contribution < 1.29 is 37.3 Å². The molecule has 174 valence electrons. The van der Waals surface area contributed by atoms with Crippen molar-refractivity contribution >= 4 is 22.7 Å². The van der Waals surface area contributed by atoms with Crippen molar-refractivity contribution in [2.24, 2.45) is 0 Å². The van der Waals surface area contributed by atoms with Crippen LogP contribution in [0.25, 0.3) is 10.9 Å². The van der Waals surface area contributed by atoms with Crippen molar-refractivity contribution in [2.45, 2.75) is 19.4 Å². The van der Waals surface area contributed by atoms with Gasteiger partial charge in [-0.15, -0.1) is 0 Å². The van der Waals surface area contributed by atoms with Gasteiger partial charge in [-0.25, -0.2) is 4.79 Å². The van der Waals surface area contributed by atoms with Crippen LogP contribution >= 0.6 is 0 Å². The number of hydrogen-bond acceptors (Lipinski definition) is 4. The number of carboxylic acid groups (broad SMARTS) is 1. The summed E-state index contributed by atoms with van der Waals surface area (Å²) in [6.07, 6.45) is -5.10. The number of carbonyl (C=O) groups excluding carboxylic acids is 1. The molecular formula is C25H18F3NO5. The zero-order valence-corrected chi connectivity index (χ0v) is 17.6. The molecule has 0 saturated heterocycles. The van der Waals surface area contributed by atoms with E-state index in [9.17, 15) is 22.8 Å². The second-order valence-corrected chi connectivity index (χ2v) is 7.41. The predicted molar refractivity (Wildman–Crippen MR) is 117 cm³/mol. The minimum Gasteiger partial charge on any atom is -0.489 e. The number of alkyl halides is 3. The van der Waals surface area contributed by atoms with Crippen LogP contribution in [0.2, 0.25) is 0 Å². The Morgan fingerprint density at radius 2 is 1.56 bits per heavy atom. The Morgan fingerprint density at radius 1 is 0.853 bits per heavy atom. The minimum atomic E-state index is -5.10. The summed E-state index contributed by atoms with van der Waals surface area (Å²) in [5, 5.41) is 9.14. The normalized spacial score (nSPS) is 11.4. The Morgan fingerprint density at radius 3 is 2.26 bits per heavy atom. The van der Waals surface area contributed by atoms with Crippen LogP contribution < -0.4 is 9.47 Å². The Kier molecular flexibility index (Phi) is 6.27. The summed E-state index contributed by atoms with van der Waals surface area (Å²) in [4.78, 5) is 26.2. The summed E-state index contributed by atoms with van der Waals surface area (Å²) >= 11 is 0. The molecule has 2 N–H and O–H groups in total. The molecule has 0 unspecified atom stereocenters. The zero-order valence-electron chi connectivity index (χ0n) is 17.6. The first-order chi connectivity index (χ1) is 16.2. The number of ether oxygens (including phenoxy) is 2. The van der Waals surface area contributed by atoms with Gasteiger partial charge in [-0.2, -0.15) is 13.2 Å². The number of Topliss-reactive ketones (excluding diaryl/α,β-unsaturated/α-hetero) is 1. The zero-order chi connectivity index (χ0) is 24.3. The first-order valence-electron chi connectivity index (χ1n) is 10.1. The molecule has 3 aromatic carbocycles. The van der Waals surface area contributed by atoms with Crippen LogP contribution in [-0.4, -0.2) is 28.0 Å². The molecule has 0 aliphatic heterocycles. The number of ketones is 1. The number of carbonyl (C=O) groups is 2. The van der Waals surface area contributed by atoms with E-state index >= 15 is 0 Å². The number of nitrogens with one attached hydrogen (secondary N) is 1.